The molecule has 3 N–H and O–H groups in total. The van der Waals surface area contributed by atoms with Crippen molar-refractivity contribution in [1.82, 2.24) is 34.8 Å². The molecule has 0 aliphatic carbocycles. The molecule has 1 aromatic carbocycles. The number of carbonyl (C=O) groups is 2. The third kappa shape index (κ3) is 4.73. The molecule has 3 aromatic heterocycles. The number of imidazole rings is 1. The van der Waals surface area contributed by atoms with Crippen LogP contribution in [0.25, 0.3) is 22.5 Å². The van der Waals surface area contributed by atoms with E-state index in [0.29, 0.717) is 36.1 Å². The van der Waals surface area contributed by atoms with Gasteiger partial charge in [-0.3, -0.25) is 14.6 Å². The summed E-state index contributed by atoms with van der Waals surface area (Å²) >= 11 is 6.04. The molecule has 2 atom stereocenters. The number of nitrogens with one attached hydrogen (secondary N) is 1. The van der Waals surface area contributed by atoms with Crippen LogP contribution in [0.3, 0.4) is 0 Å². The molecular weight excluding hydrogens is 568 g/mol. The molecule has 1 saturated heterocycles. The lowest BCUT2D eigenvalue weighted by atomic mass is 9.92. The van der Waals surface area contributed by atoms with Crippen LogP contribution in [0.5, 0.6) is 0 Å². The standard InChI is InChI=1S/C26H19ClF4N8O2/c27-15-3-6-18(38-11-20(36-37-38)26(29,30)31)22(23(15)28)13-7-14-2-5-19(39(14)21(40)8-13)25-34-10-17(35-25)12-1-4-16(24(32)41)33-9-12/h1,3-4,6,8-11,14,19H,2,5,7H2,(H2,32,41)(H,34,35)/t14-,19+/m1/s1. The van der Waals surface area contributed by atoms with Gasteiger partial charge in [0.05, 0.1) is 34.8 Å². The highest BCUT2D eigenvalue weighted by atomic mass is 35.5. The van der Waals surface area contributed by atoms with Gasteiger partial charge < -0.3 is 15.6 Å². The Bertz CT molecular complexity index is 1710. The Hall–Kier alpha value is -4.59. The summed E-state index contributed by atoms with van der Waals surface area (Å²) in [6.07, 6.45) is 1.66. The SMILES string of the molecule is NC(=O)c1ccc(-c2cnc([C@@H]3CC[C@@H]4CC(c5c(-n6cc(C(F)(F)F)nn6)ccc(Cl)c5F)=CC(=O)N43)[nH]2)cn1. The Morgan fingerprint density at radius 3 is 2.61 bits per heavy atom. The molecule has 0 unspecified atom stereocenters. The van der Waals surface area contributed by atoms with Crippen molar-refractivity contribution in [3.63, 3.8) is 0 Å². The second kappa shape index (κ2) is 9.80. The van der Waals surface area contributed by atoms with Crippen LogP contribution < -0.4 is 5.73 Å². The predicted octanol–water partition coefficient (Wildman–Crippen LogP) is 4.48. The average Bonchev–Trinajstić information content (AvgIpc) is 3.69. The number of hydrogen-bond acceptors (Lipinski definition) is 6. The van der Waals surface area contributed by atoms with Gasteiger partial charge in [0.25, 0.3) is 5.91 Å². The number of nitrogens with two attached hydrogens (primary N) is 1. The molecule has 0 bridgehead atoms. The maximum atomic E-state index is 15.4. The smallest absolute Gasteiger partial charge is 0.364 e. The third-order valence-electron chi connectivity index (χ3n) is 7.17. The molecule has 5 heterocycles. The fraction of sp³-hybridized carbons (Fsp3) is 0.231. The zero-order chi connectivity index (χ0) is 29.1. The van der Waals surface area contributed by atoms with Crippen molar-refractivity contribution in [2.75, 3.05) is 0 Å². The number of hydrogen-bond donors (Lipinski definition) is 2. The summed E-state index contributed by atoms with van der Waals surface area (Å²) in [7, 11) is 0. The first-order valence-electron chi connectivity index (χ1n) is 12.3. The molecule has 2 aliphatic heterocycles. The number of rotatable bonds is 5. The maximum Gasteiger partial charge on any atom is 0.436 e. The molecule has 210 valence electrons. The van der Waals surface area contributed by atoms with Crippen LogP contribution >= 0.6 is 11.6 Å². The number of H-pyrrole nitrogens is 1. The van der Waals surface area contributed by atoms with E-state index in [2.05, 4.69) is 25.3 Å². The van der Waals surface area contributed by atoms with Gasteiger partial charge in [-0.05, 0) is 49.1 Å². The van der Waals surface area contributed by atoms with Gasteiger partial charge in [-0.15, -0.1) is 5.10 Å². The highest BCUT2D eigenvalue weighted by Crippen LogP contribution is 2.44. The lowest BCUT2D eigenvalue weighted by Gasteiger charge is -2.33. The van der Waals surface area contributed by atoms with Gasteiger partial charge in [0.2, 0.25) is 5.91 Å². The number of pyridine rings is 1. The summed E-state index contributed by atoms with van der Waals surface area (Å²) in [4.78, 5) is 38.1. The number of carbonyl (C=O) groups excluding carboxylic acids is 2. The van der Waals surface area contributed by atoms with E-state index in [-0.39, 0.29) is 46.0 Å². The van der Waals surface area contributed by atoms with Crippen LogP contribution in [0.1, 0.15) is 52.9 Å². The summed E-state index contributed by atoms with van der Waals surface area (Å²) in [5.74, 6) is -1.37. The van der Waals surface area contributed by atoms with Gasteiger partial charge in [-0.2, -0.15) is 13.2 Å². The van der Waals surface area contributed by atoms with Crippen molar-refractivity contribution >= 4 is 29.0 Å². The highest BCUT2D eigenvalue weighted by Gasteiger charge is 2.42. The third-order valence-corrected chi connectivity index (χ3v) is 7.46. The quantitative estimate of drug-likeness (QED) is 0.331. The van der Waals surface area contributed by atoms with Gasteiger partial charge in [0.15, 0.2) is 11.5 Å². The summed E-state index contributed by atoms with van der Waals surface area (Å²) < 4.78 is 55.6. The van der Waals surface area contributed by atoms with E-state index < -0.39 is 29.5 Å². The number of nitrogens with zero attached hydrogens (tertiary/aromatic N) is 6. The second-order valence-corrected chi connectivity index (χ2v) is 10.1. The maximum absolute atomic E-state index is 15.4. The molecule has 10 nitrogen and oxygen atoms in total. The minimum absolute atomic E-state index is 0.0245. The van der Waals surface area contributed by atoms with Crippen molar-refractivity contribution in [3.05, 3.63) is 82.5 Å². The molecule has 1 fully saturated rings. The monoisotopic (exact) mass is 586 g/mol. The number of halogens is 5. The fourth-order valence-electron chi connectivity index (χ4n) is 5.30. The van der Waals surface area contributed by atoms with E-state index in [1.54, 1.807) is 17.2 Å². The number of aromatic nitrogens is 6. The van der Waals surface area contributed by atoms with Crippen LogP contribution in [0.4, 0.5) is 17.6 Å². The van der Waals surface area contributed by atoms with Crippen molar-refractivity contribution in [2.24, 2.45) is 5.73 Å². The number of primary amides is 1. The number of fused-ring (bicyclic) bond motifs is 1. The first-order chi connectivity index (χ1) is 19.5. The number of alkyl halides is 3. The molecule has 0 radical (unpaired) electrons. The predicted molar refractivity (Wildman–Crippen MR) is 137 cm³/mol. The number of amides is 2. The topological polar surface area (TPSA) is 136 Å². The van der Waals surface area contributed by atoms with Crippen molar-refractivity contribution in [3.8, 4) is 16.9 Å². The molecule has 41 heavy (non-hydrogen) atoms. The van der Waals surface area contributed by atoms with Crippen molar-refractivity contribution in [1.29, 1.82) is 0 Å². The van der Waals surface area contributed by atoms with E-state index in [9.17, 15) is 22.8 Å². The molecule has 0 saturated carbocycles. The van der Waals surface area contributed by atoms with E-state index >= 15 is 4.39 Å². The van der Waals surface area contributed by atoms with Crippen LogP contribution in [0, 0.1) is 5.82 Å². The Morgan fingerprint density at radius 2 is 1.93 bits per heavy atom. The Morgan fingerprint density at radius 1 is 1.12 bits per heavy atom. The summed E-state index contributed by atoms with van der Waals surface area (Å²) in [6, 6.07) is 5.01. The summed E-state index contributed by atoms with van der Waals surface area (Å²) in [5.41, 5.74) is 5.57. The Labute approximate surface area is 233 Å². The Kier molecular flexibility index (Phi) is 6.36. The molecule has 6 rings (SSSR count). The van der Waals surface area contributed by atoms with E-state index in [1.807, 2.05) is 0 Å². The van der Waals surface area contributed by atoms with Crippen LogP contribution in [-0.4, -0.2) is 52.7 Å². The second-order valence-electron chi connectivity index (χ2n) is 9.65. The molecule has 2 aliphatic rings. The van der Waals surface area contributed by atoms with Gasteiger partial charge >= 0.3 is 6.18 Å². The fourth-order valence-corrected chi connectivity index (χ4v) is 5.45. The van der Waals surface area contributed by atoms with Crippen LogP contribution in [0.2, 0.25) is 5.02 Å². The van der Waals surface area contributed by atoms with Gasteiger partial charge in [-0.1, -0.05) is 16.8 Å². The van der Waals surface area contributed by atoms with Gasteiger partial charge in [0.1, 0.15) is 11.5 Å². The zero-order valence-corrected chi connectivity index (χ0v) is 21.6. The van der Waals surface area contributed by atoms with Crippen molar-refractivity contribution < 1.29 is 27.2 Å². The van der Waals surface area contributed by atoms with Crippen LogP contribution in [0.15, 0.2) is 48.9 Å². The molecule has 4 aromatic rings. The van der Waals surface area contributed by atoms with E-state index in [0.717, 1.165) is 4.68 Å². The van der Waals surface area contributed by atoms with E-state index in [4.69, 9.17) is 17.3 Å². The minimum atomic E-state index is -4.74. The molecule has 15 heteroatoms. The summed E-state index contributed by atoms with van der Waals surface area (Å²) in [5, 5.41) is 6.44. The Balaban J connectivity index is 1.30. The highest BCUT2D eigenvalue weighted by molar-refractivity contribution is 6.31. The van der Waals surface area contributed by atoms with Crippen LogP contribution in [-0.2, 0) is 11.0 Å². The molecule has 0 spiro atoms. The van der Waals surface area contributed by atoms with Crippen molar-refractivity contribution in [2.45, 2.75) is 37.5 Å². The van der Waals surface area contributed by atoms with Gasteiger partial charge in [0, 0.05) is 29.4 Å². The molecule has 2 amide bonds. The minimum Gasteiger partial charge on any atom is -0.364 e. The van der Waals surface area contributed by atoms with E-state index in [1.165, 1.54) is 30.5 Å². The van der Waals surface area contributed by atoms with Gasteiger partial charge in [-0.25, -0.2) is 14.1 Å². The number of benzene rings is 1. The summed E-state index contributed by atoms with van der Waals surface area (Å²) in [6.45, 7) is 0. The molecular formula is C26H19ClF4N8O2. The lowest BCUT2D eigenvalue weighted by Crippen LogP contribution is -2.39. The first-order valence-corrected chi connectivity index (χ1v) is 12.7. The average molecular weight is 587 g/mol. The zero-order valence-electron chi connectivity index (χ0n) is 20.9. The number of aromatic amines is 1. The first kappa shape index (κ1) is 26.6. The largest absolute Gasteiger partial charge is 0.436 e. The lowest BCUT2D eigenvalue weighted by molar-refractivity contribution is -0.141. The normalized spacial score (nSPS) is 18.9.